The van der Waals surface area contributed by atoms with E-state index in [1.807, 2.05) is 27.7 Å². The minimum absolute atomic E-state index is 0. The molecule has 0 atom stereocenters. The van der Waals surface area contributed by atoms with Gasteiger partial charge in [-0.2, -0.15) is 0 Å². The van der Waals surface area contributed by atoms with Gasteiger partial charge in [0.1, 0.15) is 10.6 Å². The number of ether oxygens (including phenoxy) is 1. The van der Waals surface area contributed by atoms with Crippen molar-refractivity contribution in [3.8, 4) is 0 Å². The zero-order chi connectivity index (χ0) is 20.7. The monoisotopic (exact) mass is 525 g/mol. The summed E-state index contributed by atoms with van der Waals surface area (Å²) >= 11 is 1.68. The lowest BCUT2D eigenvalue weighted by Crippen LogP contribution is -2.57. The Balaban J connectivity index is 0.00000729. The van der Waals surface area contributed by atoms with E-state index in [0.29, 0.717) is 19.0 Å². The second-order valence-electron chi connectivity index (χ2n) is 7.64. The summed E-state index contributed by atoms with van der Waals surface area (Å²) in [6.07, 6.45) is 1.15. The third-order valence-corrected chi connectivity index (χ3v) is 5.49. The van der Waals surface area contributed by atoms with Crippen molar-refractivity contribution >= 4 is 47.4 Å². The number of aryl methyl sites for hydroxylation is 2. The summed E-state index contributed by atoms with van der Waals surface area (Å²) in [5.74, 6) is 0.678. The second kappa shape index (κ2) is 11.8. The number of amides is 1. The largest absolute Gasteiger partial charge is 0.444 e. The molecule has 1 heterocycles. The smallest absolute Gasteiger partial charge is 0.408 e. The summed E-state index contributed by atoms with van der Waals surface area (Å²) in [7, 11) is 1.73. The van der Waals surface area contributed by atoms with E-state index in [1.165, 1.54) is 4.88 Å². The Morgan fingerprint density at radius 1 is 1.18 bits per heavy atom. The van der Waals surface area contributed by atoms with Crippen LogP contribution in [0.25, 0.3) is 0 Å². The fourth-order valence-electron chi connectivity index (χ4n) is 2.49. The van der Waals surface area contributed by atoms with Gasteiger partial charge in [0, 0.05) is 18.5 Å². The number of nitrogens with one attached hydrogen (secondary N) is 3. The molecule has 1 aromatic heterocycles. The zero-order valence-electron chi connectivity index (χ0n) is 18.4. The third kappa shape index (κ3) is 8.93. The van der Waals surface area contributed by atoms with Crippen LogP contribution in [0.1, 0.15) is 63.0 Å². The van der Waals surface area contributed by atoms with Crippen molar-refractivity contribution in [2.45, 2.75) is 79.0 Å². The molecular weight excluding hydrogens is 489 g/mol. The van der Waals surface area contributed by atoms with Gasteiger partial charge in [-0.3, -0.25) is 4.99 Å². The molecule has 9 heteroatoms. The minimum atomic E-state index is -0.522. The number of thiazole rings is 1. The highest BCUT2D eigenvalue weighted by molar-refractivity contribution is 14.0. The molecule has 1 amide bonds. The molecule has 1 aromatic rings. The highest BCUT2D eigenvalue weighted by Crippen LogP contribution is 2.17. The lowest BCUT2D eigenvalue weighted by Gasteiger charge is -2.34. The zero-order valence-corrected chi connectivity index (χ0v) is 21.5. The number of carbonyl (C=O) groups is 1. The molecule has 3 N–H and O–H groups in total. The molecule has 162 valence electrons. The fraction of sp³-hybridized carbons (Fsp3) is 0.737. The molecule has 0 fully saturated rings. The first-order valence-corrected chi connectivity index (χ1v) is 10.2. The van der Waals surface area contributed by atoms with E-state index in [2.05, 4.69) is 46.7 Å². The van der Waals surface area contributed by atoms with Crippen molar-refractivity contribution in [2.75, 3.05) is 13.6 Å². The number of aromatic nitrogens is 1. The van der Waals surface area contributed by atoms with Crippen molar-refractivity contribution in [1.29, 1.82) is 0 Å². The lowest BCUT2D eigenvalue weighted by atomic mass is 9.93. The average molecular weight is 526 g/mol. The van der Waals surface area contributed by atoms with Gasteiger partial charge in [0.2, 0.25) is 0 Å². The van der Waals surface area contributed by atoms with Gasteiger partial charge in [-0.25, -0.2) is 9.78 Å². The molecule has 0 bridgehead atoms. The molecule has 0 aliphatic heterocycles. The van der Waals surface area contributed by atoms with Crippen LogP contribution in [0, 0.1) is 13.8 Å². The molecule has 0 spiro atoms. The molecule has 7 nitrogen and oxygen atoms in total. The van der Waals surface area contributed by atoms with Gasteiger partial charge in [-0.05, 0) is 47.5 Å². The highest BCUT2D eigenvalue weighted by atomic mass is 127. The van der Waals surface area contributed by atoms with Crippen LogP contribution in [-0.2, 0) is 11.3 Å². The fourth-order valence-corrected chi connectivity index (χ4v) is 3.36. The topological polar surface area (TPSA) is 87.6 Å². The first-order valence-electron chi connectivity index (χ1n) is 9.42. The molecule has 0 aliphatic carbocycles. The molecule has 0 radical (unpaired) electrons. The Kier molecular flexibility index (Phi) is 11.3. The molecule has 28 heavy (non-hydrogen) atoms. The van der Waals surface area contributed by atoms with Crippen LogP contribution in [0.2, 0.25) is 0 Å². The highest BCUT2D eigenvalue weighted by Gasteiger charge is 2.30. The molecule has 0 unspecified atom stereocenters. The summed E-state index contributed by atoms with van der Waals surface area (Å²) in [5.41, 5.74) is 0.137. The van der Waals surface area contributed by atoms with Gasteiger partial charge >= 0.3 is 6.09 Å². The standard InChI is InChI=1S/C19H35N5O2S.HI/c1-9-19(10-2,24-17(25)26-18(5,6)7)12-22-16(20-8)21-11-15-23-13(3)14(4)27-15;/h9-12H2,1-8H3,(H,24,25)(H2,20,21,22);1H. The number of rotatable bonds is 7. The SMILES string of the molecule is CCC(CC)(CNC(=NC)NCc1nc(C)c(C)s1)NC(=O)OC(C)(C)C.I. The normalized spacial score (nSPS) is 12.2. The van der Waals surface area contributed by atoms with Gasteiger partial charge in [-0.15, -0.1) is 35.3 Å². The summed E-state index contributed by atoms with van der Waals surface area (Å²) in [6, 6.07) is 0. The number of alkyl carbamates (subject to hydrolysis) is 1. The summed E-state index contributed by atoms with van der Waals surface area (Å²) < 4.78 is 5.42. The van der Waals surface area contributed by atoms with Crippen LogP contribution in [0.4, 0.5) is 4.79 Å². The van der Waals surface area contributed by atoms with E-state index in [9.17, 15) is 4.79 Å². The van der Waals surface area contributed by atoms with Crippen LogP contribution in [0.3, 0.4) is 0 Å². The van der Waals surface area contributed by atoms with Crippen molar-refractivity contribution in [3.05, 3.63) is 15.6 Å². The molecule has 0 saturated heterocycles. The molecule has 0 aliphatic rings. The Bertz CT molecular complexity index is 632. The second-order valence-corrected chi connectivity index (χ2v) is 8.93. The van der Waals surface area contributed by atoms with Gasteiger partial charge in [0.25, 0.3) is 0 Å². The van der Waals surface area contributed by atoms with Gasteiger partial charge in [0.05, 0.1) is 17.8 Å². The molecule has 0 aromatic carbocycles. The maximum Gasteiger partial charge on any atom is 0.408 e. The van der Waals surface area contributed by atoms with Gasteiger partial charge < -0.3 is 20.7 Å². The van der Waals surface area contributed by atoms with E-state index < -0.39 is 17.2 Å². The van der Waals surface area contributed by atoms with Crippen molar-refractivity contribution in [1.82, 2.24) is 20.9 Å². The number of guanidine groups is 1. The number of hydrogen-bond acceptors (Lipinski definition) is 5. The number of carbonyl (C=O) groups excluding carboxylic acids is 1. The number of aliphatic imine (C=N–C) groups is 1. The van der Waals surface area contributed by atoms with Crippen molar-refractivity contribution in [2.24, 2.45) is 4.99 Å². The summed E-state index contributed by atoms with van der Waals surface area (Å²) in [6.45, 7) is 14.9. The van der Waals surface area contributed by atoms with Crippen LogP contribution >= 0.6 is 35.3 Å². The van der Waals surface area contributed by atoms with E-state index >= 15 is 0 Å². The number of nitrogens with zero attached hydrogens (tertiary/aromatic N) is 2. The van der Waals surface area contributed by atoms with E-state index in [0.717, 1.165) is 23.5 Å². The quantitative estimate of drug-likeness (QED) is 0.283. The Hall–Kier alpha value is -1.10. The maximum absolute atomic E-state index is 12.2. The first-order chi connectivity index (χ1) is 12.5. The van der Waals surface area contributed by atoms with Crippen LogP contribution in [-0.4, -0.2) is 41.8 Å². The van der Waals surface area contributed by atoms with Crippen LogP contribution in [0.15, 0.2) is 4.99 Å². The van der Waals surface area contributed by atoms with E-state index in [1.54, 1.807) is 18.4 Å². The van der Waals surface area contributed by atoms with Gasteiger partial charge in [-0.1, -0.05) is 13.8 Å². The maximum atomic E-state index is 12.2. The Labute approximate surface area is 190 Å². The molecule has 0 saturated carbocycles. The van der Waals surface area contributed by atoms with E-state index in [4.69, 9.17) is 4.74 Å². The molecular formula is C19H36IN5O2S. The van der Waals surface area contributed by atoms with Crippen LogP contribution < -0.4 is 16.0 Å². The van der Waals surface area contributed by atoms with Crippen molar-refractivity contribution in [3.63, 3.8) is 0 Å². The lowest BCUT2D eigenvalue weighted by molar-refractivity contribution is 0.0448. The minimum Gasteiger partial charge on any atom is -0.444 e. The number of halogens is 1. The van der Waals surface area contributed by atoms with Crippen molar-refractivity contribution < 1.29 is 9.53 Å². The average Bonchev–Trinajstić information content (AvgIpc) is 2.90. The summed E-state index contributed by atoms with van der Waals surface area (Å²) in [4.78, 5) is 22.3. The van der Waals surface area contributed by atoms with Gasteiger partial charge in [0.15, 0.2) is 5.96 Å². The predicted octanol–water partition coefficient (Wildman–Crippen LogP) is 4.13. The van der Waals surface area contributed by atoms with E-state index in [-0.39, 0.29) is 24.0 Å². The Morgan fingerprint density at radius 3 is 2.21 bits per heavy atom. The number of hydrogen-bond donors (Lipinski definition) is 3. The summed E-state index contributed by atoms with van der Waals surface area (Å²) in [5, 5.41) is 10.7. The predicted molar refractivity (Wildman–Crippen MR) is 128 cm³/mol. The first kappa shape index (κ1) is 26.9. The molecule has 1 rings (SSSR count). The Morgan fingerprint density at radius 2 is 1.79 bits per heavy atom. The third-order valence-electron chi connectivity index (χ3n) is 4.42. The van der Waals surface area contributed by atoms with Crippen LogP contribution in [0.5, 0.6) is 0 Å².